The summed E-state index contributed by atoms with van der Waals surface area (Å²) in [7, 11) is 0. The van der Waals surface area contributed by atoms with Gasteiger partial charge in [-0.05, 0) is 19.1 Å². The fraction of sp³-hybridized carbons (Fsp3) is 0.400. The molecule has 0 spiro atoms. The van der Waals surface area contributed by atoms with Crippen LogP contribution in [-0.4, -0.2) is 33.9 Å². The van der Waals surface area contributed by atoms with Gasteiger partial charge in [0.25, 0.3) is 0 Å². The molecule has 0 aromatic carbocycles. The molecule has 1 aromatic rings. The standard InChI is InChI=1S/C10H14N4O2/c1-10(16,6-15)5-13-9-3-2-7(12)8(4-11)14-9/h2-3,15-16H,5-6,12H2,1H3,(H,13,14). The minimum atomic E-state index is -1.23. The molecule has 0 radical (unpaired) electrons. The van der Waals surface area contributed by atoms with Gasteiger partial charge >= 0.3 is 0 Å². The number of aliphatic hydroxyl groups excluding tert-OH is 1. The Kier molecular flexibility index (Phi) is 3.66. The molecule has 1 atom stereocenters. The zero-order valence-electron chi connectivity index (χ0n) is 8.94. The van der Waals surface area contributed by atoms with Crippen molar-refractivity contribution in [3.8, 4) is 6.07 Å². The van der Waals surface area contributed by atoms with Crippen LogP contribution in [0.1, 0.15) is 12.6 Å². The Labute approximate surface area is 93.3 Å². The third-order valence-corrected chi connectivity index (χ3v) is 2.02. The number of nitrogens with one attached hydrogen (secondary N) is 1. The van der Waals surface area contributed by atoms with Crippen LogP contribution in [0.3, 0.4) is 0 Å². The Morgan fingerprint density at radius 3 is 2.88 bits per heavy atom. The van der Waals surface area contributed by atoms with E-state index in [0.717, 1.165) is 0 Å². The normalized spacial score (nSPS) is 13.9. The number of pyridine rings is 1. The van der Waals surface area contributed by atoms with E-state index in [2.05, 4.69) is 10.3 Å². The molecule has 0 saturated carbocycles. The predicted molar refractivity (Wildman–Crippen MR) is 59.6 cm³/mol. The summed E-state index contributed by atoms with van der Waals surface area (Å²) in [6.07, 6.45) is 0. The first-order valence-corrected chi connectivity index (χ1v) is 4.72. The van der Waals surface area contributed by atoms with E-state index in [0.29, 0.717) is 11.5 Å². The average molecular weight is 222 g/mol. The SMILES string of the molecule is CC(O)(CO)CNc1ccc(N)c(C#N)n1. The third-order valence-electron chi connectivity index (χ3n) is 2.02. The molecule has 5 N–H and O–H groups in total. The highest BCUT2D eigenvalue weighted by Crippen LogP contribution is 2.13. The van der Waals surface area contributed by atoms with Gasteiger partial charge in [0, 0.05) is 6.54 Å². The van der Waals surface area contributed by atoms with E-state index >= 15 is 0 Å². The van der Waals surface area contributed by atoms with Crippen LogP contribution in [0, 0.1) is 11.3 Å². The smallest absolute Gasteiger partial charge is 0.165 e. The molecule has 6 nitrogen and oxygen atoms in total. The van der Waals surface area contributed by atoms with Gasteiger partial charge in [-0.3, -0.25) is 0 Å². The number of hydrogen-bond donors (Lipinski definition) is 4. The Bertz CT molecular complexity index is 412. The number of anilines is 2. The maximum Gasteiger partial charge on any atom is 0.165 e. The first-order chi connectivity index (χ1) is 7.48. The molecular weight excluding hydrogens is 208 g/mol. The Hall–Kier alpha value is -1.84. The minimum Gasteiger partial charge on any atom is -0.396 e. The molecule has 1 rings (SSSR count). The highest BCUT2D eigenvalue weighted by atomic mass is 16.3. The lowest BCUT2D eigenvalue weighted by atomic mass is 10.1. The number of hydrogen-bond acceptors (Lipinski definition) is 6. The summed E-state index contributed by atoms with van der Waals surface area (Å²) in [6.45, 7) is 1.26. The van der Waals surface area contributed by atoms with Gasteiger partial charge in [-0.15, -0.1) is 0 Å². The zero-order valence-corrected chi connectivity index (χ0v) is 8.94. The van der Waals surface area contributed by atoms with Crippen LogP contribution in [0.4, 0.5) is 11.5 Å². The van der Waals surface area contributed by atoms with E-state index in [4.69, 9.17) is 16.1 Å². The van der Waals surface area contributed by atoms with E-state index in [1.807, 2.05) is 6.07 Å². The maximum absolute atomic E-state index is 9.54. The second-order valence-corrected chi connectivity index (χ2v) is 3.75. The maximum atomic E-state index is 9.54. The Morgan fingerprint density at radius 1 is 1.62 bits per heavy atom. The number of nitrogens with zero attached hydrogens (tertiary/aromatic N) is 2. The van der Waals surface area contributed by atoms with E-state index < -0.39 is 5.60 Å². The van der Waals surface area contributed by atoms with Crippen LogP contribution in [-0.2, 0) is 0 Å². The van der Waals surface area contributed by atoms with Crippen LogP contribution < -0.4 is 11.1 Å². The monoisotopic (exact) mass is 222 g/mol. The van der Waals surface area contributed by atoms with Crippen molar-refractivity contribution in [1.82, 2.24) is 4.98 Å². The van der Waals surface area contributed by atoms with E-state index in [-0.39, 0.29) is 18.8 Å². The van der Waals surface area contributed by atoms with Crippen LogP contribution in [0.5, 0.6) is 0 Å². The second kappa shape index (κ2) is 4.79. The molecule has 0 amide bonds. The van der Waals surface area contributed by atoms with Crippen molar-refractivity contribution in [2.45, 2.75) is 12.5 Å². The molecule has 0 saturated heterocycles. The average Bonchev–Trinajstić information content (AvgIpc) is 2.28. The van der Waals surface area contributed by atoms with Crippen LogP contribution in [0.25, 0.3) is 0 Å². The fourth-order valence-electron chi connectivity index (χ4n) is 0.995. The molecule has 0 aliphatic heterocycles. The highest BCUT2D eigenvalue weighted by Gasteiger charge is 2.18. The first kappa shape index (κ1) is 12.2. The Balaban J connectivity index is 2.73. The molecule has 0 fully saturated rings. The second-order valence-electron chi connectivity index (χ2n) is 3.75. The molecule has 1 unspecified atom stereocenters. The van der Waals surface area contributed by atoms with Crippen molar-refractivity contribution in [3.63, 3.8) is 0 Å². The van der Waals surface area contributed by atoms with Gasteiger partial charge in [0.2, 0.25) is 0 Å². The molecule has 0 aliphatic rings. The van der Waals surface area contributed by atoms with Gasteiger partial charge < -0.3 is 21.3 Å². The molecule has 6 heteroatoms. The fourth-order valence-corrected chi connectivity index (χ4v) is 0.995. The van der Waals surface area contributed by atoms with Crippen molar-refractivity contribution < 1.29 is 10.2 Å². The quantitative estimate of drug-likeness (QED) is 0.555. The van der Waals surface area contributed by atoms with Gasteiger partial charge in [0.1, 0.15) is 17.5 Å². The summed E-state index contributed by atoms with van der Waals surface area (Å²) in [5.74, 6) is 0.430. The van der Waals surface area contributed by atoms with E-state index in [9.17, 15) is 5.11 Å². The lowest BCUT2D eigenvalue weighted by molar-refractivity contribution is 0.0132. The molecule has 0 bridgehead atoms. The first-order valence-electron chi connectivity index (χ1n) is 4.72. The predicted octanol–water partition coefficient (Wildman–Crippen LogP) is -0.309. The van der Waals surface area contributed by atoms with E-state index in [1.54, 1.807) is 12.1 Å². The van der Waals surface area contributed by atoms with Gasteiger partial charge in [-0.1, -0.05) is 0 Å². The number of aromatic nitrogens is 1. The topological polar surface area (TPSA) is 115 Å². The third kappa shape index (κ3) is 3.08. The number of nitriles is 1. The van der Waals surface area contributed by atoms with Crippen LogP contribution >= 0.6 is 0 Å². The summed E-state index contributed by atoms with van der Waals surface area (Å²) in [5, 5.41) is 29.9. The number of nitrogens with two attached hydrogens (primary N) is 1. The summed E-state index contributed by atoms with van der Waals surface area (Å²) >= 11 is 0. The highest BCUT2D eigenvalue weighted by molar-refractivity contribution is 5.54. The lowest BCUT2D eigenvalue weighted by Crippen LogP contribution is -2.37. The van der Waals surface area contributed by atoms with Gasteiger partial charge in [-0.25, -0.2) is 4.98 Å². The molecule has 16 heavy (non-hydrogen) atoms. The molecule has 86 valence electrons. The van der Waals surface area contributed by atoms with Crippen molar-refractivity contribution in [3.05, 3.63) is 17.8 Å². The van der Waals surface area contributed by atoms with Crippen molar-refractivity contribution >= 4 is 11.5 Å². The van der Waals surface area contributed by atoms with Crippen molar-refractivity contribution in [2.24, 2.45) is 0 Å². The van der Waals surface area contributed by atoms with E-state index in [1.165, 1.54) is 6.92 Å². The van der Waals surface area contributed by atoms with Gasteiger partial charge in [0.15, 0.2) is 5.69 Å². The minimum absolute atomic E-state index is 0.130. The molecule has 1 heterocycles. The number of aliphatic hydroxyl groups is 2. The summed E-state index contributed by atoms with van der Waals surface area (Å²) in [5.41, 5.74) is 4.72. The van der Waals surface area contributed by atoms with Crippen LogP contribution in [0.15, 0.2) is 12.1 Å². The summed E-state index contributed by atoms with van der Waals surface area (Å²) < 4.78 is 0. The zero-order chi connectivity index (χ0) is 12.2. The largest absolute Gasteiger partial charge is 0.396 e. The molecular formula is C10H14N4O2. The summed E-state index contributed by atoms with van der Waals surface area (Å²) in [4.78, 5) is 3.94. The number of rotatable bonds is 4. The summed E-state index contributed by atoms with van der Waals surface area (Å²) in [6, 6.07) is 5.02. The van der Waals surface area contributed by atoms with Gasteiger partial charge in [-0.2, -0.15) is 5.26 Å². The van der Waals surface area contributed by atoms with Gasteiger partial charge in [0.05, 0.1) is 12.3 Å². The molecule has 0 aliphatic carbocycles. The Morgan fingerprint density at radius 2 is 2.31 bits per heavy atom. The van der Waals surface area contributed by atoms with Crippen molar-refractivity contribution in [1.29, 1.82) is 5.26 Å². The number of nitrogen functional groups attached to an aromatic ring is 1. The lowest BCUT2D eigenvalue weighted by Gasteiger charge is -2.20. The van der Waals surface area contributed by atoms with Crippen LogP contribution in [0.2, 0.25) is 0 Å². The molecule has 1 aromatic heterocycles. The van der Waals surface area contributed by atoms with Crippen molar-refractivity contribution in [2.75, 3.05) is 24.2 Å².